The molecule has 3 heteroatoms. The van der Waals surface area contributed by atoms with Gasteiger partial charge in [-0.05, 0) is 31.1 Å². The minimum atomic E-state index is -0.196. The molecule has 2 nitrogen and oxygen atoms in total. The van der Waals surface area contributed by atoms with Gasteiger partial charge in [0.1, 0.15) is 0 Å². The van der Waals surface area contributed by atoms with Gasteiger partial charge in [0.15, 0.2) is 5.78 Å². The molecule has 0 spiro atoms. The van der Waals surface area contributed by atoms with E-state index in [0.29, 0.717) is 11.8 Å². The number of ketones is 1. The molecule has 2 fully saturated rings. The van der Waals surface area contributed by atoms with Gasteiger partial charge in [0.05, 0.1) is 6.04 Å². The third kappa shape index (κ3) is 2.55. The van der Waals surface area contributed by atoms with E-state index in [1.807, 2.05) is 0 Å². The SMILES string of the molecule is CCN1C(C(=O)C(C)(C)C)CC2CCSCC21. The highest BCUT2D eigenvalue weighted by Crippen LogP contribution is 2.40. The second kappa shape index (κ2) is 4.93. The lowest BCUT2D eigenvalue weighted by atomic mass is 9.84. The average molecular weight is 255 g/mol. The van der Waals surface area contributed by atoms with Crippen molar-refractivity contribution in [1.82, 2.24) is 4.90 Å². The lowest BCUT2D eigenvalue weighted by Gasteiger charge is -2.33. The van der Waals surface area contributed by atoms with Crippen LogP contribution in [0.3, 0.4) is 0 Å². The van der Waals surface area contributed by atoms with Crippen LogP contribution in [0.15, 0.2) is 0 Å². The number of nitrogens with zero attached hydrogens (tertiary/aromatic N) is 1. The molecule has 0 aromatic carbocycles. The van der Waals surface area contributed by atoms with Crippen molar-refractivity contribution in [3.8, 4) is 0 Å². The summed E-state index contributed by atoms with van der Waals surface area (Å²) in [6, 6.07) is 0.851. The first-order chi connectivity index (χ1) is 7.95. The summed E-state index contributed by atoms with van der Waals surface area (Å²) < 4.78 is 0. The molecular weight excluding hydrogens is 230 g/mol. The molecule has 2 aliphatic rings. The number of thioether (sulfide) groups is 1. The maximum Gasteiger partial charge on any atom is 0.155 e. The van der Waals surface area contributed by atoms with Crippen LogP contribution in [0, 0.1) is 11.3 Å². The van der Waals surface area contributed by atoms with Gasteiger partial charge in [-0.2, -0.15) is 11.8 Å². The van der Waals surface area contributed by atoms with Crippen molar-refractivity contribution in [2.75, 3.05) is 18.1 Å². The molecule has 0 radical (unpaired) electrons. The van der Waals surface area contributed by atoms with Gasteiger partial charge < -0.3 is 0 Å². The molecule has 0 aromatic rings. The summed E-state index contributed by atoms with van der Waals surface area (Å²) in [5.41, 5.74) is -0.196. The van der Waals surface area contributed by atoms with Crippen molar-refractivity contribution < 1.29 is 4.79 Å². The predicted octanol–water partition coefficient (Wildman–Crippen LogP) is 2.82. The first-order valence-electron chi connectivity index (χ1n) is 6.83. The van der Waals surface area contributed by atoms with Gasteiger partial charge in [0.2, 0.25) is 0 Å². The molecule has 0 aliphatic carbocycles. The summed E-state index contributed by atoms with van der Waals surface area (Å²) in [4.78, 5) is 15.0. The highest BCUT2D eigenvalue weighted by Gasteiger charge is 2.46. The van der Waals surface area contributed by atoms with E-state index < -0.39 is 0 Å². The number of hydrogen-bond acceptors (Lipinski definition) is 3. The summed E-state index contributed by atoms with van der Waals surface area (Å²) in [6.07, 6.45) is 2.41. The molecule has 2 rings (SSSR count). The molecule has 2 heterocycles. The Morgan fingerprint density at radius 3 is 2.71 bits per heavy atom. The van der Waals surface area contributed by atoms with Gasteiger partial charge in [-0.1, -0.05) is 27.7 Å². The molecule has 0 saturated carbocycles. The minimum Gasteiger partial charge on any atom is -0.297 e. The molecule has 3 unspecified atom stereocenters. The standard InChI is InChI=1S/C14H25NOS/c1-5-15-11(13(16)14(2,3)4)8-10-6-7-17-9-12(10)15/h10-12H,5-9H2,1-4H3. The molecule has 17 heavy (non-hydrogen) atoms. The van der Waals surface area contributed by atoms with Crippen LogP contribution in [0.2, 0.25) is 0 Å². The molecule has 3 atom stereocenters. The quantitative estimate of drug-likeness (QED) is 0.757. The normalized spacial score (nSPS) is 34.7. The third-order valence-electron chi connectivity index (χ3n) is 4.23. The van der Waals surface area contributed by atoms with E-state index in [0.717, 1.165) is 18.9 Å². The van der Waals surface area contributed by atoms with E-state index in [1.54, 1.807) is 0 Å². The summed E-state index contributed by atoms with van der Waals surface area (Å²) in [5.74, 6) is 3.73. The smallest absolute Gasteiger partial charge is 0.155 e. The fourth-order valence-corrected chi connectivity index (χ4v) is 4.62. The van der Waals surface area contributed by atoms with Crippen molar-refractivity contribution >= 4 is 17.5 Å². The zero-order valence-electron chi connectivity index (χ0n) is 11.5. The molecule has 2 aliphatic heterocycles. The molecule has 98 valence electrons. The van der Waals surface area contributed by atoms with E-state index in [4.69, 9.17) is 0 Å². The van der Waals surface area contributed by atoms with E-state index in [2.05, 4.69) is 44.4 Å². The molecular formula is C14H25NOS. The van der Waals surface area contributed by atoms with Crippen LogP contribution in [-0.2, 0) is 4.79 Å². The maximum absolute atomic E-state index is 12.5. The largest absolute Gasteiger partial charge is 0.297 e. The third-order valence-corrected chi connectivity index (χ3v) is 5.33. The van der Waals surface area contributed by atoms with E-state index in [9.17, 15) is 4.79 Å². The number of fused-ring (bicyclic) bond motifs is 1. The highest BCUT2D eigenvalue weighted by atomic mass is 32.2. The Bertz CT molecular complexity index is 297. The summed E-state index contributed by atoms with van der Waals surface area (Å²) in [5, 5.41) is 0. The number of rotatable bonds is 2. The molecule has 2 saturated heterocycles. The topological polar surface area (TPSA) is 20.3 Å². The van der Waals surface area contributed by atoms with Gasteiger partial charge in [-0.15, -0.1) is 0 Å². The van der Waals surface area contributed by atoms with Crippen LogP contribution in [0.25, 0.3) is 0 Å². The lowest BCUT2D eigenvalue weighted by molar-refractivity contribution is -0.131. The predicted molar refractivity (Wildman–Crippen MR) is 74.5 cm³/mol. The number of hydrogen-bond donors (Lipinski definition) is 0. The van der Waals surface area contributed by atoms with E-state index >= 15 is 0 Å². The maximum atomic E-state index is 12.5. The van der Waals surface area contributed by atoms with Crippen LogP contribution in [0.1, 0.15) is 40.5 Å². The molecule has 0 amide bonds. The fourth-order valence-electron chi connectivity index (χ4n) is 3.27. The van der Waals surface area contributed by atoms with Crippen LogP contribution in [0.4, 0.5) is 0 Å². The van der Waals surface area contributed by atoms with Crippen molar-refractivity contribution in [3.63, 3.8) is 0 Å². The first kappa shape index (κ1) is 13.4. The van der Waals surface area contributed by atoms with Crippen LogP contribution in [0.5, 0.6) is 0 Å². The van der Waals surface area contributed by atoms with Gasteiger partial charge in [-0.25, -0.2) is 0 Å². The van der Waals surface area contributed by atoms with Gasteiger partial charge >= 0.3 is 0 Å². The highest BCUT2D eigenvalue weighted by molar-refractivity contribution is 7.99. The Balaban J connectivity index is 2.15. The first-order valence-corrected chi connectivity index (χ1v) is 7.98. The van der Waals surface area contributed by atoms with E-state index in [1.165, 1.54) is 17.9 Å². The zero-order valence-corrected chi connectivity index (χ0v) is 12.3. The Morgan fingerprint density at radius 2 is 2.12 bits per heavy atom. The minimum absolute atomic E-state index is 0.189. The lowest BCUT2D eigenvalue weighted by Crippen LogP contribution is -2.46. The second-order valence-electron chi connectivity index (χ2n) is 6.39. The Hall–Kier alpha value is -0.0200. The molecule has 0 N–H and O–H groups in total. The van der Waals surface area contributed by atoms with E-state index in [-0.39, 0.29) is 11.5 Å². The summed E-state index contributed by atoms with van der Waals surface area (Å²) in [6.45, 7) is 9.39. The van der Waals surface area contributed by atoms with Crippen LogP contribution >= 0.6 is 11.8 Å². The van der Waals surface area contributed by atoms with Gasteiger partial charge in [0, 0.05) is 17.2 Å². The number of likely N-dealkylation sites (N-methyl/N-ethyl adjacent to an activating group) is 1. The van der Waals surface area contributed by atoms with Gasteiger partial charge in [0.25, 0.3) is 0 Å². The fraction of sp³-hybridized carbons (Fsp3) is 0.929. The zero-order chi connectivity index (χ0) is 12.6. The Morgan fingerprint density at radius 1 is 1.41 bits per heavy atom. The number of likely N-dealkylation sites (tertiary alicyclic amines) is 1. The van der Waals surface area contributed by atoms with Crippen LogP contribution < -0.4 is 0 Å². The van der Waals surface area contributed by atoms with Crippen LogP contribution in [-0.4, -0.2) is 40.8 Å². The van der Waals surface area contributed by atoms with Gasteiger partial charge in [-0.3, -0.25) is 9.69 Å². The second-order valence-corrected chi connectivity index (χ2v) is 7.54. The molecule has 0 bridgehead atoms. The number of carbonyl (C=O) groups is 1. The Labute approximate surface area is 110 Å². The van der Waals surface area contributed by atoms with Crippen molar-refractivity contribution in [3.05, 3.63) is 0 Å². The average Bonchev–Trinajstić information content (AvgIpc) is 2.64. The van der Waals surface area contributed by atoms with Crippen molar-refractivity contribution in [2.24, 2.45) is 11.3 Å². The summed E-state index contributed by atoms with van der Waals surface area (Å²) in [7, 11) is 0. The van der Waals surface area contributed by atoms with Crippen molar-refractivity contribution in [2.45, 2.75) is 52.6 Å². The summed E-state index contributed by atoms with van der Waals surface area (Å²) >= 11 is 2.06. The monoisotopic (exact) mass is 255 g/mol. The Kier molecular flexibility index (Phi) is 3.89. The number of Topliss-reactive ketones (excluding diaryl/α,β-unsaturated/α-hetero) is 1. The van der Waals surface area contributed by atoms with Crippen molar-refractivity contribution in [1.29, 1.82) is 0 Å². The number of carbonyl (C=O) groups excluding carboxylic acids is 1. The molecule has 0 aromatic heterocycles.